The van der Waals surface area contributed by atoms with E-state index in [0.29, 0.717) is 11.1 Å². The fourth-order valence-corrected chi connectivity index (χ4v) is 3.13. The van der Waals surface area contributed by atoms with Crippen molar-refractivity contribution in [2.24, 2.45) is 0 Å². The minimum absolute atomic E-state index is 0.114. The average Bonchev–Trinajstić information content (AvgIpc) is 2.86. The number of amides is 1. The van der Waals surface area contributed by atoms with Gasteiger partial charge in [0, 0.05) is 12.1 Å². The number of nitrogens with zero attached hydrogens (tertiary/aromatic N) is 1. The van der Waals surface area contributed by atoms with Crippen molar-refractivity contribution >= 4 is 17.4 Å². The molecule has 134 valence electrons. The maximum absolute atomic E-state index is 13.7. The van der Waals surface area contributed by atoms with Crippen LogP contribution >= 0.6 is 0 Å². The summed E-state index contributed by atoms with van der Waals surface area (Å²) in [6, 6.07) is 12.9. The molecule has 1 aliphatic heterocycles. The van der Waals surface area contributed by atoms with Gasteiger partial charge in [-0.25, -0.2) is 4.39 Å². The summed E-state index contributed by atoms with van der Waals surface area (Å²) in [6.07, 6.45) is -0.888. The third-order valence-corrected chi connectivity index (χ3v) is 4.21. The lowest BCUT2D eigenvalue weighted by molar-refractivity contribution is -0.140. The molecule has 0 aromatic heterocycles. The van der Waals surface area contributed by atoms with E-state index in [-0.39, 0.29) is 17.9 Å². The highest BCUT2D eigenvalue weighted by Crippen LogP contribution is 2.39. The number of likely N-dealkylation sites (tertiary alicyclic amines) is 1. The largest absolute Gasteiger partial charge is 0.507 e. The number of aliphatic hydroxyl groups is 2. The summed E-state index contributed by atoms with van der Waals surface area (Å²) in [5.41, 5.74) is 0.610. The van der Waals surface area contributed by atoms with Gasteiger partial charge in [-0.2, -0.15) is 0 Å². The Hall–Kier alpha value is -2.99. The van der Waals surface area contributed by atoms with Crippen LogP contribution in [-0.4, -0.2) is 39.5 Å². The lowest BCUT2D eigenvalue weighted by atomic mass is 9.95. The normalized spacial score (nSPS) is 20.4. The SMILES string of the molecule is C[C@@H](O)CN1C(=O)C(=O)C(=C(O)c2ccccc2)[C@@H]1c1cccc(F)c1. The van der Waals surface area contributed by atoms with Crippen LogP contribution in [0.4, 0.5) is 4.39 Å². The molecule has 0 spiro atoms. The van der Waals surface area contributed by atoms with E-state index in [9.17, 15) is 24.2 Å². The van der Waals surface area contributed by atoms with Gasteiger partial charge in [0.25, 0.3) is 11.7 Å². The number of Topliss-reactive ketones (excluding diaryl/α,β-unsaturated/α-hetero) is 1. The molecule has 2 aromatic carbocycles. The van der Waals surface area contributed by atoms with E-state index < -0.39 is 29.7 Å². The summed E-state index contributed by atoms with van der Waals surface area (Å²) in [5, 5.41) is 20.4. The molecule has 0 bridgehead atoms. The first kappa shape index (κ1) is 17.8. The van der Waals surface area contributed by atoms with Crippen molar-refractivity contribution < 1.29 is 24.2 Å². The lowest BCUT2D eigenvalue weighted by Crippen LogP contribution is -2.35. The van der Waals surface area contributed by atoms with E-state index in [2.05, 4.69) is 0 Å². The lowest BCUT2D eigenvalue weighted by Gasteiger charge is -2.26. The predicted molar refractivity (Wildman–Crippen MR) is 93.5 cm³/mol. The van der Waals surface area contributed by atoms with Crippen molar-refractivity contribution in [1.82, 2.24) is 4.90 Å². The van der Waals surface area contributed by atoms with Gasteiger partial charge in [0.1, 0.15) is 11.6 Å². The van der Waals surface area contributed by atoms with E-state index in [1.54, 1.807) is 36.4 Å². The number of aliphatic hydroxyl groups excluding tert-OH is 2. The van der Waals surface area contributed by atoms with Gasteiger partial charge in [0.05, 0.1) is 17.7 Å². The van der Waals surface area contributed by atoms with Crippen molar-refractivity contribution in [2.45, 2.75) is 19.1 Å². The third-order valence-electron chi connectivity index (χ3n) is 4.21. The second kappa shape index (κ2) is 7.09. The molecule has 1 amide bonds. The van der Waals surface area contributed by atoms with E-state index in [4.69, 9.17) is 0 Å². The van der Waals surface area contributed by atoms with Gasteiger partial charge in [0.15, 0.2) is 0 Å². The number of hydrogen-bond acceptors (Lipinski definition) is 4. The summed E-state index contributed by atoms with van der Waals surface area (Å²) in [6.45, 7) is 1.37. The second-order valence-corrected chi connectivity index (χ2v) is 6.22. The Balaban J connectivity index is 2.20. The molecule has 1 heterocycles. The summed E-state index contributed by atoms with van der Waals surface area (Å²) < 4.78 is 13.7. The van der Waals surface area contributed by atoms with E-state index >= 15 is 0 Å². The van der Waals surface area contributed by atoms with Crippen LogP contribution in [0.1, 0.15) is 24.1 Å². The van der Waals surface area contributed by atoms with Crippen molar-refractivity contribution in [3.63, 3.8) is 0 Å². The van der Waals surface area contributed by atoms with E-state index in [0.717, 1.165) is 4.90 Å². The first-order chi connectivity index (χ1) is 12.4. The number of carbonyl (C=O) groups is 2. The number of ketones is 1. The van der Waals surface area contributed by atoms with Crippen molar-refractivity contribution in [1.29, 1.82) is 0 Å². The first-order valence-electron chi connectivity index (χ1n) is 8.17. The molecular weight excluding hydrogens is 337 g/mol. The summed E-state index contributed by atoms with van der Waals surface area (Å²) in [4.78, 5) is 26.2. The highest BCUT2D eigenvalue weighted by atomic mass is 19.1. The van der Waals surface area contributed by atoms with Gasteiger partial charge in [-0.3, -0.25) is 9.59 Å². The Labute approximate surface area is 150 Å². The summed E-state index contributed by atoms with van der Waals surface area (Å²) >= 11 is 0. The summed E-state index contributed by atoms with van der Waals surface area (Å²) in [7, 11) is 0. The standard InChI is InChI=1S/C20H18FNO4/c1-12(23)11-22-17(14-8-5-9-15(21)10-14)16(19(25)20(22)26)18(24)13-6-3-2-4-7-13/h2-10,12,17,23-24H,11H2,1H3/t12-,17+/m1/s1. The van der Waals surface area contributed by atoms with Crippen molar-refractivity contribution in [3.8, 4) is 0 Å². The topological polar surface area (TPSA) is 77.8 Å². The van der Waals surface area contributed by atoms with Crippen LogP contribution in [0.2, 0.25) is 0 Å². The van der Waals surface area contributed by atoms with E-state index in [1.165, 1.54) is 25.1 Å². The molecule has 26 heavy (non-hydrogen) atoms. The second-order valence-electron chi connectivity index (χ2n) is 6.22. The van der Waals surface area contributed by atoms with Gasteiger partial charge < -0.3 is 15.1 Å². The quantitative estimate of drug-likeness (QED) is 0.502. The van der Waals surface area contributed by atoms with Crippen LogP contribution in [0, 0.1) is 5.82 Å². The fourth-order valence-electron chi connectivity index (χ4n) is 3.13. The Morgan fingerprint density at radius 1 is 1.15 bits per heavy atom. The molecule has 0 saturated carbocycles. The molecule has 2 atom stereocenters. The van der Waals surface area contributed by atoms with Gasteiger partial charge in [-0.1, -0.05) is 42.5 Å². The average molecular weight is 355 g/mol. The molecule has 1 aliphatic rings. The number of benzene rings is 2. The molecule has 5 nitrogen and oxygen atoms in total. The van der Waals surface area contributed by atoms with Gasteiger partial charge >= 0.3 is 0 Å². The highest BCUT2D eigenvalue weighted by Gasteiger charge is 2.46. The number of carbonyl (C=O) groups excluding carboxylic acids is 2. The van der Waals surface area contributed by atoms with Crippen molar-refractivity contribution in [2.75, 3.05) is 6.54 Å². The molecule has 0 aliphatic carbocycles. The maximum atomic E-state index is 13.7. The van der Waals surface area contributed by atoms with Crippen LogP contribution in [0.3, 0.4) is 0 Å². The Bertz CT molecular complexity index is 876. The Morgan fingerprint density at radius 2 is 1.85 bits per heavy atom. The number of hydrogen-bond donors (Lipinski definition) is 2. The Kier molecular flexibility index (Phi) is 4.86. The third kappa shape index (κ3) is 3.23. The molecule has 1 fully saturated rings. The van der Waals surface area contributed by atoms with Crippen LogP contribution < -0.4 is 0 Å². The number of halogens is 1. The zero-order valence-electron chi connectivity index (χ0n) is 14.1. The number of β-amino-alcohol motifs (C(OH)–C–C–N with tert-alkyl or cyclic N) is 1. The minimum Gasteiger partial charge on any atom is -0.507 e. The highest BCUT2D eigenvalue weighted by molar-refractivity contribution is 6.46. The molecule has 2 N–H and O–H groups in total. The minimum atomic E-state index is -0.972. The van der Waals surface area contributed by atoms with Gasteiger partial charge in [-0.15, -0.1) is 0 Å². The molecular formula is C20H18FNO4. The van der Waals surface area contributed by atoms with Gasteiger partial charge in [0.2, 0.25) is 0 Å². The molecule has 3 rings (SSSR count). The van der Waals surface area contributed by atoms with Crippen LogP contribution in [0.15, 0.2) is 60.2 Å². The fraction of sp³-hybridized carbons (Fsp3) is 0.200. The summed E-state index contributed by atoms with van der Waals surface area (Å²) in [5.74, 6) is -2.55. The van der Waals surface area contributed by atoms with E-state index in [1.807, 2.05) is 0 Å². The predicted octanol–water partition coefficient (Wildman–Crippen LogP) is 2.63. The molecule has 2 aromatic rings. The van der Waals surface area contributed by atoms with Crippen LogP contribution in [-0.2, 0) is 9.59 Å². The first-order valence-corrected chi connectivity index (χ1v) is 8.17. The zero-order chi connectivity index (χ0) is 18.8. The molecule has 0 radical (unpaired) electrons. The smallest absolute Gasteiger partial charge is 0.295 e. The van der Waals surface area contributed by atoms with Crippen LogP contribution in [0.25, 0.3) is 5.76 Å². The zero-order valence-corrected chi connectivity index (χ0v) is 14.1. The monoisotopic (exact) mass is 355 g/mol. The molecule has 0 unspecified atom stereocenters. The maximum Gasteiger partial charge on any atom is 0.295 e. The Morgan fingerprint density at radius 3 is 2.46 bits per heavy atom. The molecule has 1 saturated heterocycles. The number of rotatable bonds is 4. The van der Waals surface area contributed by atoms with Crippen molar-refractivity contribution in [3.05, 3.63) is 77.1 Å². The van der Waals surface area contributed by atoms with Crippen LogP contribution in [0.5, 0.6) is 0 Å². The molecule has 6 heteroatoms. The van der Waals surface area contributed by atoms with Gasteiger partial charge in [-0.05, 0) is 24.6 Å².